The molecule has 0 saturated heterocycles. The first kappa shape index (κ1) is 14.5. The van der Waals surface area contributed by atoms with Crippen LogP contribution in [-0.2, 0) is 0 Å². The maximum Gasteiger partial charge on any atom is 0.446 e. The molecule has 0 bridgehead atoms. The summed E-state index contributed by atoms with van der Waals surface area (Å²) >= 11 is -0.120. The number of halogens is 3. The fraction of sp³-hybridized carbons (Fsp3) is 0.538. The summed E-state index contributed by atoms with van der Waals surface area (Å²) < 4.78 is 36.5. The molecule has 0 amide bonds. The maximum absolute atomic E-state index is 12.2. The second-order valence-electron chi connectivity index (χ2n) is 5.34. The van der Waals surface area contributed by atoms with Gasteiger partial charge in [0.15, 0.2) is 0 Å². The van der Waals surface area contributed by atoms with Gasteiger partial charge < -0.3 is 10.4 Å². The van der Waals surface area contributed by atoms with Crippen molar-refractivity contribution in [3.63, 3.8) is 0 Å². The van der Waals surface area contributed by atoms with Crippen LogP contribution in [0.1, 0.15) is 20.3 Å². The monoisotopic (exact) mass is 291 g/mol. The molecule has 0 aromatic heterocycles. The van der Waals surface area contributed by atoms with Gasteiger partial charge >= 0.3 is 5.51 Å². The molecule has 19 heavy (non-hydrogen) atoms. The van der Waals surface area contributed by atoms with Gasteiger partial charge in [0.25, 0.3) is 0 Å². The number of hydrogen-bond acceptors (Lipinski definition) is 3. The molecule has 1 aromatic rings. The van der Waals surface area contributed by atoms with E-state index in [1.807, 2.05) is 13.8 Å². The van der Waals surface area contributed by atoms with Crippen molar-refractivity contribution < 1.29 is 18.3 Å². The first-order valence-corrected chi connectivity index (χ1v) is 6.80. The number of benzene rings is 1. The number of hydrogen-bond donors (Lipinski definition) is 2. The Morgan fingerprint density at radius 1 is 1.26 bits per heavy atom. The van der Waals surface area contributed by atoms with Crippen LogP contribution >= 0.6 is 11.8 Å². The minimum absolute atomic E-state index is 0.120. The predicted octanol–water partition coefficient (Wildman–Crippen LogP) is 3.87. The Morgan fingerprint density at radius 2 is 1.84 bits per heavy atom. The largest absolute Gasteiger partial charge is 0.446 e. The first-order chi connectivity index (χ1) is 8.68. The summed E-state index contributed by atoms with van der Waals surface area (Å²) in [6.45, 7) is 3.93. The zero-order valence-electron chi connectivity index (χ0n) is 10.7. The topological polar surface area (TPSA) is 32.3 Å². The first-order valence-electron chi connectivity index (χ1n) is 5.99. The van der Waals surface area contributed by atoms with Crippen molar-refractivity contribution in [1.82, 2.24) is 0 Å². The summed E-state index contributed by atoms with van der Waals surface area (Å²) in [6, 6.07) is 6.30. The van der Waals surface area contributed by atoms with Gasteiger partial charge in [-0.2, -0.15) is 13.2 Å². The molecule has 1 fully saturated rings. The molecule has 0 radical (unpaired) electrons. The van der Waals surface area contributed by atoms with E-state index in [0.29, 0.717) is 6.42 Å². The van der Waals surface area contributed by atoms with Crippen LogP contribution in [0.3, 0.4) is 0 Å². The number of thioether (sulfide) groups is 1. The Balaban J connectivity index is 1.96. The van der Waals surface area contributed by atoms with Gasteiger partial charge in [-0.25, -0.2) is 0 Å². The van der Waals surface area contributed by atoms with Crippen molar-refractivity contribution in [2.45, 2.75) is 42.8 Å². The van der Waals surface area contributed by atoms with Crippen LogP contribution in [0.2, 0.25) is 0 Å². The molecule has 2 nitrogen and oxygen atoms in total. The second kappa shape index (κ2) is 4.90. The lowest BCUT2D eigenvalue weighted by molar-refractivity contribution is -0.0510. The molecule has 1 aliphatic rings. The summed E-state index contributed by atoms with van der Waals surface area (Å²) in [7, 11) is 0. The second-order valence-corrected chi connectivity index (χ2v) is 6.48. The van der Waals surface area contributed by atoms with Crippen molar-refractivity contribution in [2.75, 3.05) is 5.32 Å². The molecule has 0 heterocycles. The summed E-state index contributed by atoms with van der Waals surface area (Å²) in [6.07, 6.45) is 0.330. The van der Waals surface area contributed by atoms with Crippen LogP contribution in [-0.4, -0.2) is 22.8 Å². The van der Waals surface area contributed by atoms with Crippen molar-refractivity contribution >= 4 is 17.4 Å². The number of aliphatic hydroxyl groups is 1. The third-order valence-corrected chi connectivity index (χ3v) is 4.38. The molecular formula is C13H16F3NOS. The highest BCUT2D eigenvalue weighted by molar-refractivity contribution is 8.00. The van der Waals surface area contributed by atoms with E-state index in [4.69, 9.17) is 0 Å². The molecule has 2 rings (SSSR count). The molecule has 6 heteroatoms. The third-order valence-electron chi connectivity index (χ3n) is 3.64. The lowest BCUT2D eigenvalue weighted by atomic mass is 9.64. The maximum atomic E-state index is 12.2. The Hall–Kier alpha value is -0.880. The summed E-state index contributed by atoms with van der Waals surface area (Å²) in [5, 5.41) is 12.9. The van der Waals surface area contributed by atoms with E-state index in [9.17, 15) is 18.3 Å². The molecule has 2 atom stereocenters. The molecule has 1 saturated carbocycles. The predicted molar refractivity (Wildman–Crippen MR) is 70.2 cm³/mol. The average molecular weight is 291 g/mol. The highest BCUT2D eigenvalue weighted by atomic mass is 32.2. The van der Waals surface area contributed by atoms with Crippen LogP contribution in [0, 0.1) is 5.41 Å². The van der Waals surface area contributed by atoms with Crippen LogP contribution < -0.4 is 5.32 Å². The Kier molecular flexibility index (Phi) is 3.75. The lowest BCUT2D eigenvalue weighted by Gasteiger charge is -2.49. The summed E-state index contributed by atoms with van der Waals surface area (Å²) in [4.78, 5) is 0.172. The van der Waals surface area contributed by atoms with E-state index < -0.39 is 5.51 Å². The zero-order chi connectivity index (χ0) is 14.3. The van der Waals surface area contributed by atoms with E-state index in [-0.39, 0.29) is 34.2 Å². The molecular weight excluding hydrogens is 275 g/mol. The van der Waals surface area contributed by atoms with E-state index in [1.54, 1.807) is 12.1 Å². The van der Waals surface area contributed by atoms with Gasteiger partial charge in [-0.1, -0.05) is 13.8 Å². The average Bonchev–Trinajstić information content (AvgIpc) is 2.29. The standard InChI is InChI=1S/C13H16F3NOS/c1-12(2)10(7-11(12)18)17-8-3-5-9(6-4-8)19-13(14,15)16/h3-6,10-11,17-18H,7H2,1-2H3. The number of anilines is 1. The zero-order valence-corrected chi connectivity index (χ0v) is 11.5. The van der Waals surface area contributed by atoms with Crippen molar-refractivity contribution in [3.8, 4) is 0 Å². The Bertz CT molecular complexity index is 444. The molecule has 0 aliphatic heterocycles. The number of nitrogens with one attached hydrogen (secondary N) is 1. The van der Waals surface area contributed by atoms with Gasteiger partial charge in [-0.05, 0) is 42.4 Å². The van der Waals surface area contributed by atoms with Crippen LogP contribution in [0.25, 0.3) is 0 Å². The SMILES string of the molecule is CC1(C)C(O)CC1Nc1ccc(SC(F)(F)F)cc1. The molecule has 1 aliphatic carbocycles. The number of rotatable bonds is 3. The van der Waals surface area contributed by atoms with E-state index in [2.05, 4.69) is 5.32 Å². The fourth-order valence-corrected chi connectivity index (χ4v) is 2.64. The molecule has 1 aromatic carbocycles. The Morgan fingerprint density at radius 3 is 2.26 bits per heavy atom. The van der Waals surface area contributed by atoms with E-state index in [0.717, 1.165) is 5.69 Å². The molecule has 0 spiro atoms. The Labute approximate surface area is 114 Å². The summed E-state index contributed by atoms with van der Waals surface area (Å²) in [5.74, 6) is 0. The number of aliphatic hydroxyl groups excluding tert-OH is 1. The van der Waals surface area contributed by atoms with E-state index in [1.165, 1.54) is 12.1 Å². The van der Waals surface area contributed by atoms with Gasteiger partial charge in [0.2, 0.25) is 0 Å². The van der Waals surface area contributed by atoms with Crippen LogP contribution in [0.15, 0.2) is 29.2 Å². The highest BCUT2D eigenvalue weighted by Crippen LogP contribution is 2.42. The number of alkyl halides is 3. The fourth-order valence-electron chi connectivity index (χ4n) is 2.10. The summed E-state index contributed by atoms with van der Waals surface area (Å²) in [5.41, 5.74) is -3.69. The smallest absolute Gasteiger partial charge is 0.392 e. The van der Waals surface area contributed by atoms with Crippen molar-refractivity contribution in [2.24, 2.45) is 5.41 Å². The van der Waals surface area contributed by atoms with Crippen LogP contribution in [0.5, 0.6) is 0 Å². The van der Waals surface area contributed by atoms with Gasteiger partial charge in [0.05, 0.1) is 6.10 Å². The lowest BCUT2D eigenvalue weighted by Crippen LogP contribution is -2.56. The van der Waals surface area contributed by atoms with Gasteiger partial charge in [0, 0.05) is 22.0 Å². The van der Waals surface area contributed by atoms with Gasteiger partial charge in [-0.15, -0.1) is 0 Å². The molecule has 2 unspecified atom stereocenters. The van der Waals surface area contributed by atoms with Crippen molar-refractivity contribution in [3.05, 3.63) is 24.3 Å². The molecule has 106 valence electrons. The van der Waals surface area contributed by atoms with E-state index >= 15 is 0 Å². The molecule has 2 N–H and O–H groups in total. The van der Waals surface area contributed by atoms with Crippen LogP contribution in [0.4, 0.5) is 18.9 Å². The minimum Gasteiger partial charge on any atom is -0.392 e. The van der Waals surface area contributed by atoms with Crippen molar-refractivity contribution in [1.29, 1.82) is 0 Å². The van der Waals surface area contributed by atoms with Gasteiger partial charge in [-0.3, -0.25) is 0 Å². The highest BCUT2D eigenvalue weighted by Gasteiger charge is 2.47. The third kappa shape index (κ3) is 3.36. The normalized spacial score (nSPS) is 25.8. The quantitative estimate of drug-likeness (QED) is 0.829. The van der Waals surface area contributed by atoms with Gasteiger partial charge in [0.1, 0.15) is 0 Å². The minimum atomic E-state index is -4.25.